The maximum atomic E-state index is 14.7. The maximum Gasteiger partial charge on any atom is 0.200 e. The molecule has 0 heterocycles. The van der Waals surface area contributed by atoms with Crippen molar-refractivity contribution in [2.24, 2.45) is 5.92 Å². The van der Waals surface area contributed by atoms with Gasteiger partial charge in [-0.1, -0.05) is 90.5 Å². The fourth-order valence-corrected chi connectivity index (χ4v) is 4.84. The molecule has 1 aromatic carbocycles. The summed E-state index contributed by atoms with van der Waals surface area (Å²) < 4.78 is 34.8. The average molecular weight is 423 g/mol. The SMILES string of the molecule is CCCCCCCCOc1ccc([C@H]2CC[C@H](CCCCCCC)CC2)c(F)c1F. The Morgan fingerprint density at radius 1 is 0.733 bits per heavy atom. The Kier molecular flexibility index (Phi) is 12.4. The summed E-state index contributed by atoms with van der Waals surface area (Å²) in [5, 5.41) is 0. The summed E-state index contributed by atoms with van der Waals surface area (Å²) in [4.78, 5) is 0. The van der Waals surface area contributed by atoms with Crippen molar-refractivity contribution in [1.29, 1.82) is 0 Å². The van der Waals surface area contributed by atoms with Gasteiger partial charge in [-0.3, -0.25) is 0 Å². The summed E-state index contributed by atoms with van der Waals surface area (Å²) in [6.07, 6.45) is 19.1. The molecule has 0 N–H and O–H groups in total. The smallest absolute Gasteiger partial charge is 0.200 e. The minimum Gasteiger partial charge on any atom is -0.490 e. The van der Waals surface area contributed by atoms with Crippen molar-refractivity contribution >= 4 is 0 Å². The van der Waals surface area contributed by atoms with Crippen LogP contribution >= 0.6 is 0 Å². The van der Waals surface area contributed by atoms with Crippen molar-refractivity contribution in [2.45, 2.75) is 122 Å². The fourth-order valence-electron chi connectivity index (χ4n) is 4.84. The molecule has 0 saturated heterocycles. The number of benzene rings is 1. The molecular formula is C27H44F2O. The van der Waals surface area contributed by atoms with Crippen molar-refractivity contribution in [2.75, 3.05) is 6.61 Å². The van der Waals surface area contributed by atoms with Crippen LogP contribution in [-0.4, -0.2) is 6.61 Å². The lowest BCUT2D eigenvalue weighted by Gasteiger charge is -2.29. The summed E-state index contributed by atoms with van der Waals surface area (Å²) in [7, 11) is 0. The Morgan fingerprint density at radius 3 is 2.00 bits per heavy atom. The van der Waals surface area contributed by atoms with Crippen LogP contribution in [0.1, 0.15) is 128 Å². The third-order valence-electron chi connectivity index (χ3n) is 6.83. The molecule has 0 radical (unpaired) electrons. The minimum atomic E-state index is -0.795. The van der Waals surface area contributed by atoms with Gasteiger partial charge >= 0.3 is 0 Å². The number of halogens is 2. The van der Waals surface area contributed by atoms with Crippen molar-refractivity contribution < 1.29 is 13.5 Å². The standard InChI is InChI=1S/C27H44F2O/c1-3-5-7-9-11-13-21-30-25-20-19-24(26(28)27(25)29)23-17-15-22(16-18-23)14-12-10-8-6-4-2/h19-20,22-23H,3-18,21H2,1-2H3/t22-,23-. The molecule has 0 atom stereocenters. The van der Waals surface area contributed by atoms with Gasteiger partial charge in [0.1, 0.15) is 0 Å². The van der Waals surface area contributed by atoms with Crippen molar-refractivity contribution in [3.8, 4) is 5.75 Å². The monoisotopic (exact) mass is 422 g/mol. The third kappa shape index (κ3) is 8.55. The average Bonchev–Trinajstić information content (AvgIpc) is 2.76. The summed E-state index contributed by atoms with van der Waals surface area (Å²) >= 11 is 0. The number of rotatable bonds is 15. The quantitative estimate of drug-likeness (QED) is 0.256. The molecule has 1 nitrogen and oxygen atoms in total. The van der Waals surface area contributed by atoms with Gasteiger partial charge in [-0.15, -0.1) is 0 Å². The molecule has 3 heteroatoms. The minimum absolute atomic E-state index is 0.0746. The Morgan fingerprint density at radius 2 is 1.33 bits per heavy atom. The summed E-state index contributed by atoms with van der Waals surface area (Å²) in [6.45, 7) is 4.91. The van der Waals surface area contributed by atoms with Crippen molar-refractivity contribution in [1.82, 2.24) is 0 Å². The summed E-state index contributed by atoms with van der Waals surface area (Å²) in [5.41, 5.74) is 0.556. The lowest BCUT2D eigenvalue weighted by Crippen LogP contribution is -2.15. The lowest BCUT2D eigenvalue weighted by molar-refractivity contribution is 0.279. The van der Waals surface area contributed by atoms with Gasteiger partial charge in [0, 0.05) is 0 Å². The molecule has 0 amide bonds. The number of hydrogen-bond acceptors (Lipinski definition) is 1. The predicted molar refractivity (Wildman–Crippen MR) is 123 cm³/mol. The molecule has 0 aromatic heterocycles. The van der Waals surface area contributed by atoms with Gasteiger partial charge in [0.15, 0.2) is 11.6 Å². The van der Waals surface area contributed by atoms with Crippen LogP contribution in [0, 0.1) is 17.6 Å². The molecular weight excluding hydrogens is 378 g/mol. The Hall–Kier alpha value is -1.12. The van der Waals surface area contributed by atoms with Crippen LogP contribution in [0.25, 0.3) is 0 Å². The molecule has 0 spiro atoms. The van der Waals surface area contributed by atoms with Crippen LogP contribution < -0.4 is 4.74 Å². The van der Waals surface area contributed by atoms with Gasteiger partial charge in [0.25, 0.3) is 0 Å². The highest BCUT2D eigenvalue weighted by atomic mass is 19.2. The summed E-state index contributed by atoms with van der Waals surface area (Å²) in [6, 6.07) is 3.41. The molecule has 0 unspecified atom stereocenters. The molecule has 172 valence electrons. The fraction of sp³-hybridized carbons (Fsp3) is 0.778. The first kappa shape index (κ1) is 25.1. The van der Waals surface area contributed by atoms with E-state index in [0.717, 1.165) is 44.4 Å². The summed E-state index contributed by atoms with van der Waals surface area (Å²) in [5.74, 6) is -0.472. The van der Waals surface area contributed by atoms with Crippen molar-refractivity contribution in [3.05, 3.63) is 29.3 Å². The Labute approximate surface area is 184 Å². The van der Waals surface area contributed by atoms with Crippen molar-refractivity contribution in [3.63, 3.8) is 0 Å². The second-order valence-electron chi connectivity index (χ2n) is 9.32. The van der Waals surface area contributed by atoms with Crippen LogP contribution in [0.2, 0.25) is 0 Å². The maximum absolute atomic E-state index is 14.7. The van der Waals surface area contributed by atoms with Crippen LogP contribution in [0.3, 0.4) is 0 Å². The largest absolute Gasteiger partial charge is 0.490 e. The molecule has 1 aliphatic rings. The third-order valence-corrected chi connectivity index (χ3v) is 6.83. The van der Waals surface area contributed by atoms with Gasteiger partial charge in [-0.25, -0.2) is 4.39 Å². The molecule has 0 aliphatic heterocycles. The molecule has 1 aliphatic carbocycles. The van der Waals surface area contributed by atoms with E-state index in [9.17, 15) is 8.78 Å². The molecule has 30 heavy (non-hydrogen) atoms. The molecule has 2 rings (SSSR count). The van der Waals surface area contributed by atoms with E-state index in [0.29, 0.717) is 12.2 Å². The zero-order valence-corrected chi connectivity index (χ0v) is 19.5. The number of hydrogen-bond donors (Lipinski definition) is 0. The van der Waals surface area contributed by atoms with E-state index < -0.39 is 11.6 Å². The van der Waals surface area contributed by atoms with E-state index in [1.54, 1.807) is 12.1 Å². The predicted octanol–water partition coefficient (Wildman–Crippen LogP) is 9.34. The second-order valence-corrected chi connectivity index (χ2v) is 9.32. The lowest BCUT2D eigenvalue weighted by atomic mass is 9.77. The van der Waals surface area contributed by atoms with Gasteiger partial charge in [-0.2, -0.15) is 4.39 Å². The van der Waals surface area contributed by atoms with Gasteiger partial charge < -0.3 is 4.74 Å². The molecule has 1 aromatic rings. The first-order valence-electron chi connectivity index (χ1n) is 12.8. The topological polar surface area (TPSA) is 9.23 Å². The van der Waals surface area contributed by atoms with Crippen LogP contribution in [-0.2, 0) is 0 Å². The molecule has 0 bridgehead atoms. The van der Waals surface area contributed by atoms with Crippen LogP contribution in [0.5, 0.6) is 5.75 Å². The number of ether oxygens (including phenoxy) is 1. The Bertz CT molecular complexity index is 578. The van der Waals surface area contributed by atoms with Crippen LogP contribution in [0.15, 0.2) is 12.1 Å². The van der Waals surface area contributed by atoms with E-state index in [2.05, 4.69) is 13.8 Å². The highest BCUT2D eigenvalue weighted by molar-refractivity contribution is 5.33. The highest BCUT2D eigenvalue weighted by Gasteiger charge is 2.26. The van der Waals surface area contributed by atoms with E-state index >= 15 is 0 Å². The number of unbranched alkanes of at least 4 members (excludes halogenated alkanes) is 9. The molecule has 1 fully saturated rings. The Balaban J connectivity index is 1.73. The molecule has 1 saturated carbocycles. The zero-order chi connectivity index (χ0) is 21.6. The van der Waals surface area contributed by atoms with E-state index in [-0.39, 0.29) is 11.7 Å². The van der Waals surface area contributed by atoms with Gasteiger partial charge in [0.05, 0.1) is 6.61 Å². The first-order valence-corrected chi connectivity index (χ1v) is 12.8. The highest BCUT2D eigenvalue weighted by Crippen LogP contribution is 2.40. The van der Waals surface area contributed by atoms with E-state index in [1.165, 1.54) is 64.2 Å². The van der Waals surface area contributed by atoms with Crippen LogP contribution in [0.4, 0.5) is 8.78 Å². The first-order chi connectivity index (χ1) is 14.7. The van der Waals surface area contributed by atoms with Gasteiger partial charge in [-0.05, 0) is 55.6 Å². The van der Waals surface area contributed by atoms with Gasteiger partial charge in [0.2, 0.25) is 5.82 Å². The zero-order valence-electron chi connectivity index (χ0n) is 19.5. The van der Waals surface area contributed by atoms with E-state index in [4.69, 9.17) is 4.74 Å². The normalized spacial score (nSPS) is 19.2. The van der Waals surface area contributed by atoms with E-state index in [1.807, 2.05) is 0 Å². The second kappa shape index (κ2) is 14.8.